The lowest BCUT2D eigenvalue weighted by Crippen LogP contribution is -2.32. The van der Waals surface area contributed by atoms with Crippen LogP contribution in [0.4, 0.5) is 5.69 Å². The predicted octanol–water partition coefficient (Wildman–Crippen LogP) is 5.56. The van der Waals surface area contributed by atoms with Gasteiger partial charge in [0.15, 0.2) is 0 Å². The van der Waals surface area contributed by atoms with Crippen LogP contribution in [0.25, 0.3) is 0 Å². The average molecular weight is 308 g/mol. The maximum absolute atomic E-state index is 6.37. The topological polar surface area (TPSA) is 38.4 Å². The lowest BCUT2D eigenvalue weighted by atomic mass is 9.68. The van der Waals surface area contributed by atoms with Crippen molar-refractivity contribution >= 4 is 11.5 Å². The van der Waals surface area contributed by atoms with Crippen molar-refractivity contribution in [3.8, 4) is 0 Å². The maximum atomic E-state index is 6.37. The number of nitrogens with two attached hydrogens (primary N) is 1. The molecule has 1 aromatic rings. The summed E-state index contributed by atoms with van der Waals surface area (Å²) in [5, 5.41) is 0. The van der Waals surface area contributed by atoms with Gasteiger partial charge in [-0.05, 0) is 48.3 Å². The maximum Gasteiger partial charge on any atom is 0.127 e. The summed E-state index contributed by atoms with van der Waals surface area (Å²) in [5.41, 5.74) is 8.53. The van der Waals surface area contributed by atoms with Gasteiger partial charge in [-0.2, -0.15) is 0 Å². The van der Waals surface area contributed by atoms with Crippen LogP contribution in [0.15, 0.2) is 71.3 Å². The predicted molar refractivity (Wildman–Crippen MR) is 101 cm³/mol. The Hall–Kier alpha value is -2.09. The molecule has 0 amide bonds. The largest absolute Gasteiger partial charge is 0.383 e. The van der Waals surface area contributed by atoms with Crippen LogP contribution >= 0.6 is 0 Å². The molecular weight excluding hydrogens is 280 g/mol. The van der Waals surface area contributed by atoms with Gasteiger partial charge in [0.25, 0.3) is 0 Å². The first-order valence-corrected chi connectivity index (χ1v) is 8.54. The standard InChI is InChI=1S/C21H28N2/c1-4-6-16-21(3,5-2)19-15-11-10-14-18(19)20(22)23-17-12-8-7-9-13-17/h6-14,16,19H,4-5,15H2,1-3H3,(H2,22,23). The Morgan fingerprint density at radius 3 is 2.70 bits per heavy atom. The summed E-state index contributed by atoms with van der Waals surface area (Å²) in [5.74, 6) is 1.00. The molecule has 0 radical (unpaired) electrons. The number of rotatable bonds is 6. The van der Waals surface area contributed by atoms with Gasteiger partial charge in [0.2, 0.25) is 0 Å². The zero-order valence-corrected chi connectivity index (χ0v) is 14.5. The van der Waals surface area contributed by atoms with Crippen LogP contribution in [-0.4, -0.2) is 5.84 Å². The van der Waals surface area contributed by atoms with E-state index in [1.54, 1.807) is 0 Å². The number of hydrogen-bond acceptors (Lipinski definition) is 1. The van der Waals surface area contributed by atoms with Gasteiger partial charge >= 0.3 is 0 Å². The quantitative estimate of drug-likeness (QED) is 0.417. The Morgan fingerprint density at radius 1 is 1.30 bits per heavy atom. The molecular formula is C21H28N2. The third-order valence-electron chi connectivity index (χ3n) is 4.75. The van der Waals surface area contributed by atoms with Gasteiger partial charge < -0.3 is 5.73 Å². The number of nitrogens with zero attached hydrogens (tertiary/aromatic N) is 1. The molecule has 2 heteroatoms. The van der Waals surface area contributed by atoms with Crippen molar-refractivity contribution in [1.82, 2.24) is 0 Å². The Bertz CT molecular complexity index is 623. The normalized spacial score (nSPS) is 21.3. The molecule has 0 spiro atoms. The van der Waals surface area contributed by atoms with E-state index in [2.05, 4.69) is 56.1 Å². The molecule has 0 aromatic heterocycles. The molecule has 0 bridgehead atoms. The number of hydrogen-bond donors (Lipinski definition) is 1. The molecule has 122 valence electrons. The van der Waals surface area contributed by atoms with Crippen molar-refractivity contribution in [3.05, 3.63) is 66.3 Å². The Kier molecular flexibility index (Phi) is 5.97. The Morgan fingerprint density at radius 2 is 2.04 bits per heavy atom. The van der Waals surface area contributed by atoms with Gasteiger partial charge in [-0.1, -0.05) is 69.4 Å². The molecule has 2 N–H and O–H groups in total. The van der Waals surface area contributed by atoms with Crippen molar-refractivity contribution in [1.29, 1.82) is 0 Å². The highest BCUT2D eigenvalue weighted by molar-refractivity contribution is 5.99. The van der Waals surface area contributed by atoms with Crippen molar-refractivity contribution in [2.24, 2.45) is 22.1 Å². The third kappa shape index (κ3) is 4.22. The summed E-state index contributed by atoms with van der Waals surface area (Å²) in [7, 11) is 0. The molecule has 0 saturated carbocycles. The van der Waals surface area contributed by atoms with Gasteiger partial charge in [-0.3, -0.25) is 0 Å². The highest BCUT2D eigenvalue weighted by atomic mass is 14.9. The number of benzene rings is 1. The summed E-state index contributed by atoms with van der Waals surface area (Å²) in [6.07, 6.45) is 14.2. The monoisotopic (exact) mass is 308 g/mol. The van der Waals surface area contributed by atoms with E-state index in [1.807, 2.05) is 30.3 Å². The van der Waals surface area contributed by atoms with E-state index in [0.29, 0.717) is 11.8 Å². The molecule has 2 rings (SSSR count). The van der Waals surface area contributed by atoms with Gasteiger partial charge in [0.05, 0.1) is 5.69 Å². The van der Waals surface area contributed by atoms with Crippen LogP contribution in [0.1, 0.15) is 40.0 Å². The van der Waals surface area contributed by atoms with E-state index in [9.17, 15) is 0 Å². The van der Waals surface area contributed by atoms with E-state index < -0.39 is 0 Å². The van der Waals surface area contributed by atoms with Crippen LogP contribution in [0.5, 0.6) is 0 Å². The number of amidine groups is 1. The Balaban J connectivity index is 2.34. The van der Waals surface area contributed by atoms with Gasteiger partial charge in [-0.25, -0.2) is 4.99 Å². The van der Waals surface area contributed by atoms with Crippen molar-refractivity contribution in [2.45, 2.75) is 40.0 Å². The smallest absolute Gasteiger partial charge is 0.127 e. The fraction of sp³-hybridized carbons (Fsp3) is 0.381. The Labute approximate surface area is 140 Å². The zero-order chi connectivity index (χ0) is 16.7. The summed E-state index contributed by atoms with van der Waals surface area (Å²) in [6.45, 7) is 6.75. The third-order valence-corrected chi connectivity index (χ3v) is 4.75. The molecule has 23 heavy (non-hydrogen) atoms. The van der Waals surface area contributed by atoms with Gasteiger partial charge in [-0.15, -0.1) is 0 Å². The minimum Gasteiger partial charge on any atom is -0.383 e. The first-order chi connectivity index (χ1) is 11.1. The van der Waals surface area contributed by atoms with Crippen LogP contribution in [0.3, 0.4) is 0 Å². The summed E-state index contributed by atoms with van der Waals surface area (Å²) >= 11 is 0. The molecule has 0 heterocycles. The molecule has 1 aliphatic rings. The summed E-state index contributed by atoms with van der Waals surface area (Å²) < 4.78 is 0. The van der Waals surface area contributed by atoms with E-state index in [1.165, 1.54) is 0 Å². The SMILES string of the molecule is CCC=CC(C)(CC)C1CC=CC=C1C(N)=Nc1ccccc1. The zero-order valence-electron chi connectivity index (χ0n) is 14.5. The van der Waals surface area contributed by atoms with Crippen LogP contribution in [0.2, 0.25) is 0 Å². The molecule has 0 fully saturated rings. The van der Waals surface area contributed by atoms with Crippen LogP contribution < -0.4 is 5.73 Å². The molecule has 1 aliphatic carbocycles. The number of aliphatic imine (C=N–C) groups is 1. The molecule has 2 unspecified atom stereocenters. The lowest BCUT2D eigenvalue weighted by molar-refractivity contribution is 0.289. The van der Waals surface area contributed by atoms with Crippen molar-refractivity contribution in [3.63, 3.8) is 0 Å². The van der Waals surface area contributed by atoms with Crippen molar-refractivity contribution < 1.29 is 0 Å². The first kappa shape index (κ1) is 17.3. The fourth-order valence-electron chi connectivity index (χ4n) is 3.09. The van der Waals surface area contributed by atoms with Crippen LogP contribution in [-0.2, 0) is 0 Å². The van der Waals surface area contributed by atoms with E-state index in [-0.39, 0.29) is 5.41 Å². The second kappa shape index (κ2) is 7.96. The lowest BCUT2D eigenvalue weighted by Gasteiger charge is -2.37. The molecule has 1 aromatic carbocycles. The second-order valence-corrected chi connectivity index (χ2v) is 6.34. The van der Waals surface area contributed by atoms with Gasteiger partial charge in [0.1, 0.15) is 5.84 Å². The average Bonchev–Trinajstić information content (AvgIpc) is 2.60. The molecule has 2 atom stereocenters. The second-order valence-electron chi connectivity index (χ2n) is 6.34. The molecule has 2 nitrogen and oxygen atoms in total. The van der Waals surface area contributed by atoms with E-state index >= 15 is 0 Å². The van der Waals surface area contributed by atoms with E-state index in [0.717, 1.165) is 30.5 Å². The highest BCUT2D eigenvalue weighted by Crippen LogP contribution is 2.42. The van der Waals surface area contributed by atoms with Crippen molar-refractivity contribution in [2.75, 3.05) is 0 Å². The molecule has 0 aliphatic heterocycles. The molecule has 0 saturated heterocycles. The van der Waals surface area contributed by atoms with Gasteiger partial charge in [0, 0.05) is 0 Å². The number of allylic oxidation sites excluding steroid dienone is 5. The van der Waals surface area contributed by atoms with Crippen LogP contribution in [0, 0.1) is 11.3 Å². The number of para-hydroxylation sites is 1. The summed E-state index contributed by atoms with van der Waals surface area (Å²) in [4.78, 5) is 4.63. The summed E-state index contributed by atoms with van der Waals surface area (Å²) in [6, 6.07) is 9.93. The minimum atomic E-state index is 0.101. The highest BCUT2D eigenvalue weighted by Gasteiger charge is 2.34. The first-order valence-electron chi connectivity index (χ1n) is 8.54. The fourth-order valence-corrected chi connectivity index (χ4v) is 3.09. The minimum absolute atomic E-state index is 0.101. The van der Waals surface area contributed by atoms with E-state index in [4.69, 9.17) is 5.73 Å².